The van der Waals surface area contributed by atoms with E-state index in [0.717, 1.165) is 56.9 Å². The van der Waals surface area contributed by atoms with Crippen LogP contribution in [0.1, 0.15) is 65.5 Å². The molecule has 2 atom stereocenters. The van der Waals surface area contributed by atoms with Gasteiger partial charge in [0.15, 0.2) is 0 Å². The molecule has 3 fully saturated rings. The van der Waals surface area contributed by atoms with E-state index in [9.17, 15) is 4.79 Å². The summed E-state index contributed by atoms with van der Waals surface area (Å²) in [4.78, 5) is 24.6. The highest BCUT2D eigenvalue weighted by molar-refractivity contribution is 5.94. The minimum Gasteiger partial charge on any atom is -0.379 e. The maximum absolute atomic E-state index is 13.5. The number of hydrogen-bond acceptors (Lipinski definition) is 7. The fourth-order valence-electron chi connectivity index (χ4n) is 5.99. The van der Waals surface area contributed by atoms with Crippen LogP contribution in [0, 0.1) is 19.8 Å². The lowest BCUT2D eigenvalue weighted by atomic mass is 9.71. The second-order valence-electron chi connectivity index (χ2n) is 10.9. The number of methoxy groups -OCH3 is 1. The number of likely N-dealkylation sites (tertiary alicyclic amines) is 1. The van der Waals surface area contributed by atoms with Gasteiger partial charge in [-0.3, -0.25) is 4.79 Å². The second-order valence-corrected chi connectivity index (χ2v) is 10.9. The molecule has 2 aromatic rings. The fourth-order valence-corrected chi connectivity index (χ4v) is 5.99. The molecule has 200 valence electrons. The average Bonchev–Trinajstić information content (AvgIpc) is 2.90. The molecular formula is C29H41N5O3. The first-order chi connectivity index (χ1) is 18.0. The molecule has 1 aromatic heterocycles. The summed E-state index contributed by atoms with van der Waals surface area (Å²) in [5.41, 5.74) is 2.81. The summed E-state index contributed by atoms with van der Waals surface area (Å²) in [6.07, 6.45) is 5.29. The van der Waals surface area contributed by atoms with E-state index in [2.05, 4.69) is 50.9 Å². The van der Waals surface area contributed by atoms with E-state index in [1.807, 2.05) is 18.7 Å². The molecule has 8 nitrogen and oxygen atoms in total. The third-order valence-corrected chi connectivity index (χ3v) is 8.36. The number of piperidine rings is 1. The number of hydrogen-bond donors (Lipinski definition) is 2. The summed E-state index contributed by atoms with van der Waals surface area (Å²) in [6.45, 7) is 7.57. The smallest absolute Gasteiger partial charge is 0.272 e. The van der Waals surface area contributed by atoms with Gasteiger partial charge in [0.2, 0.25) is 0 Å². The Morgan fingerprint density at radius 2 is 1.86 bits per heavy atom. The van der Waals surface area contributed by atoms with Crippen LogP contribution in [-0.2, 0) is 9.47 Å². The van der Waals surface area contributed by atoms with E-state index in [1.54, 1.807) is 7.11 Å². The predicted octanol–water partition coefficient (Wildman–Crippen LogP) is 3.70. The molecule has 8 heteroatoms. The fraction of sp³-hybridized carbons (Fsp3) is 0.621. The Morgan fingerprint density at radius 1 is 1.11 bits per heavy atom. The van der Waals surface area contributed by atoms with Crippen LogP contribution in [0.15, 0.2) is 30.3 Å². The molecule has 5 rings (SSSR count). The molecule has 3 heterocycles. The van der Waals surface area contributed by atoms with Crippen molar-refractivity contribution < 1.29 is 14.3 Å². The van der Waals surface area contributed by atoms with Gasteiger partial charge in [-0.2, -0.15) is 0 Å². The number of aromatic nitrogens is 2. The van der Waals surface area contributed by atoms with Gasteiger partial charge in [0.1, 0.15) is 17.3 Å². The summed E-state index contributed by atoms with van der Waals surface area (Å²) < 4.78 is 11.1. The molecule has 2 unspecified atom stereocenters. The molecule has 37 heavy (non-hydrogen) atoms. The normalized spacial score (nSPS) is 26.5. The molecule has 1 amide bonds. The van der Waals surface area contributed by atoms with Crippen molar-refractivity contribution in [1.29, 1.82) is 0 Å². The first-order valence-corrected chi connectivity index (χ1v) is 13.8. The second kappa shape index (κ2) is 11.9. The monoisotopic (exact) mass is 507 g/mol. The van der Waals surface area contributed by atoms with E-state index in [0.29, 0.717) is 42.0 Å². The topological polar surface area (TPSA) is 88.6 Å². The quantitative estimate of drug-likeness (QED) is 0.563. The van der Waals surface area contributed by atoms with E-state index < -0.39 is 0 Å². The summed E-state index contributed by atoms with van der Waals surface area (Å²) >= 11 is 0. The Morgan fingerprint density at radius 3 is 2.59 bits per heavy atom. The predicted molar refractivity (Wildman–Crippen MR) is 144 cm³/mol. The van der Waals surface area contributed by atoms with Crippen molar-refractivity contribution in [2.24, 2.45) is 5.92 Å². The number of aryl methyl sites for hydroxylation is 1. The largest absolute Gasteiger partial charge is 0.379 e. The number of nitrogens with zero attached hydrogens (tertiary/aromatic N) is 3. The van der Waals surface area contributed by atoms with E-state index in [1.165, 1.54) is 18.4 Å². The minimum atomic E-state index is 0.0121. The number of nitrogens with one attached hydrogen (secondary N) is 2. The number of carbonyl (C=O) groups excluding carboxylic acids is 1. The third-order valence-electron chi connectivity index (χ3n) is 8.36. The molecule has 2 aliphatic heterocycles. The van der Waals surface area contributed by atoms with Gasteiger partial charge in [-0.25, -0.2) is 9.97 Å². The standard InChI is InChI=1S/C29H41N5O3/c1-19-27(29(35)34-12-9-24(10-13-34)33-25-11-14-37-18-26(25)36-3)31-20(2)32-28(19)30-17-21-15-23(16-21)22-7-5-4-6-8-22/h4-8,21,23-26,33H,9-18H2,1-3H3,(H,30,31,32). The Hall–Kier alpha value is -2.55. The number of amides is 1. The van der Waals surface area contributed by atoms with E-state index in [-0.39, 0.29) is 12.0 Å². The third kappa shape index (κ3) is 6.13. The Labute approximate surface area is 220 Å². The number of ether oxygens (including phenoxy) is 2. The zero-order valence-corrected chi connectivity index (χ0v) is 22.4. The highest BCUT2D eigenvalue weighted by Crippen LogP contribution is 2.41. The van der Waals surface area contributed by atoms with Gasteiger partial charge in [-0.05, 0) is 63.4 Å². The van der Waals surface area contributed by atoms with Crippen LogP contribution >= 0.6 is 0 Å². The van der Waals surface area contributed by atoms with Gasteiger partial charge in [0.25, 0.3) is 5.91 Å². The van der Waals surface area contributed by atoms with Crippen molar-refractivity contribution in [2.75, 3.05) is 45.3 Å². The van der Waals surface area contributed by atoms with E-state index >= 15 is 0 Å². The van der Waals surface area contributed by atoms with Crippen molar-refractivity contribution >= 4 is 11.7 Å². The first-order valence-electron chi connectivity index (χ1n) is 13.8. The maximum atomic E-state index is 13.5. The Kier molecular flexibility index (Phi) is 8.37. The van der Waals surface area contributed by atoms with Gasteiger partial charge in [0, 0.05) is 51.0 Å². The summed E-state index contributed by atoms with van der Waals surface area (Å²) in [6, 6.07) is 11.5. The Bertz CT molecular complexity index is 1050. The van der Waals surface area contributed by atoms with Gasteiger partial charge in [-0.15, -0.1) is 0 Å². The lowest BCUT2D eigenvalue weighted by Gasteiger charge is -2.38. The number of benzene rings is 1. The average molecular weight is 508 g/mol. The van der Waals surface area contributed by atoms with E-state index in [4.69, 9.17) is 9.47 Å². The molecular weight excluding hydrogens is 466 g/mol. The molecule has 1 saturated carbocycles. The molecule has 0 bridgehead atoms. The molecule has 2 N–H and O–H groups in total. The van der Waals surface area contributed by atoms with Crippen LogP contribution in [0.3, 0.4) is 0 Å². The lowest BCUT2D eigenvalue weighted by Crippen LogP contribution is -2.54. The molecule has 3 aliphatic rings. The van der Waals surface area contributed by atoms with Crippen LogP contribution in [0.4, 0.5) is 5.82 Å². The molecule has 1 aliphatic carbocycles. The number of rotatable bonds is 8. The molecule has 2 saturated heterocycles. The zero-order chi connectivity index (χ0) is 25.8. The summed E-state index contributed by atoms with van der Waals surface area (Å²) in [7, 11) is 1.75. The minimum absolute atomic E-state index is 0.0121. The SMILES string of the molecule is COC1COCCC1NC1CCN(C(=O)c2nc(C)nc(NCC3CC(c4ccccc4)C3)c2C)CC1. The highest BCUT2D eigenvalue weighted by atomic mass is 16.5. The van der Waals surface area contributed by atoms with Crippen molar-refractivity contribution in [3.05, 3.63) is 53.0 Å². The van der Waals surface area contributed by atoms with Crippen LogP contribution < -0.4 is 10.6 Å². The molecule has 0 radical (unpaired) electrons. The van der Waals surface area contributed by atoms with Crippen molar-refractivity contribution in [3.8, 4) is 0 Å². The van der Waals surface area contributed by atoms with Crippen molar-refractivity contribution in [2.45, 2.75) is 70.1 Å². The summed E-state index contributed by atoms with van der Waals surface area (Å²) in [5.74, 6) is 2.72. The van der Waals surface area contributed by atoms with Crippen molar-refractivity contribution in [3.63, 3.8) is 0 Å². The number of anilines is 1. The van der Waals surface area contributed by atoms with Gasteiger partial charge >= 0.3 is 0 Å². The number of carbonyl (C=O) groups is 1. The van der Waals surface area contributed by atoms with Crippen molar-refractivity contribution in [1.82, 2.24) is 20.2 Å². The molecule has 1 aromatic carbocycles. The summed E-state index contributed by atoms with van der Waals surface area (Å²) in [5, 5.41) is 7.30. The van der Waals surface area contributed by atoms with Crippen LogP contribution in [-0.4, -0.2) is 78.9 Å². The lowest BCUT2D eigenvalue weighted by molar-refractivity contribution is -0.0533. The van der Waals surface area contributed by atoms with Gasteiger partial charge in [-0.1, -0.05) is 30.3 Å². The maximum Gasteiger partial charge on any atom is 0.272 e. The Balaban J connectivity index is 1.14. The van der Waals surface area contributed by atoms with Gasteiger partial charge in [0.05, 0.1) is 12.7 Å². The highest BCUT2D eigenvalue weighted by Gasteiger charge is 2.32. The zero-order valence-electron chi connectivity index (χ0n) is 22.4. The molecule has 0 spiro atoms. The van der Waals surface area contributed by atoms with Crippen LogP contribution in [0.2, 0.25) is 0 Å². The van der Waals surface area contributed by atoms with Crippen LogP contribution in [0.25, 0.3) is 0 Å². The first kappa shape index (κ1) is 26.1. The van der Waals surface area contributed by atoms with Gasteiger partial charge < -0.3 is 25.0 Å². The van der Waals surface area contributed by atoms with Crippen LogP contribution in [0.5, 0.6) is 0 Å².